The van der Waals surface area contributed by atoms with E-state index in [0.717, 1.165) is 4.88 Å². The molecule has 1 aromatic carbocycles. The molecule has 3 rings (SSSR count). The van der Waals surface area contributed by atoms with Gasteiger partial charge in [-0.1, -0.05) is 18.2 Å². The van der Waals surface area contributed by atoms with Crippen LogP contribution in [0.4, 0.5) is 5.69 Å². The second-order valence-electron chi connectivity index (χ2n) is 6.25. The lowest BCUT2D eigenvalue weighted by Crippen LogP contribution is -2.36. The van der Waals surface area contributed by atoms with Crippen LogP contribution in [0.2, 0.25) is 0 Å². The quantitative estimate of drug-likeness (QED) is 0.760. The van der Waals surface area contributed by atoms with E-state index >= 15 is 0 Å². The molecule has 0 spiro atoms. The molecular formula is C19H20N2O5S. The Morgan fingerprint density at radius 2 is 2.11 bits per heavy atom. The Morgan fingerprint density at radius 3 is 2.78 bits per heavy atom. The van der Waals surface area contributed by atoms with Gasteiger partial charge >= 0.3 is 5.97 Å². The van der Waals surface area contributed by atoms with Crippen LogP contribution in [0.15, 0.2) is 41.8 Å². The van der Waals surface area contributed by atoms with E-state index in [-0.39, 0.29) is 31.2 Å². The first-order valence-electron chi connectivity index (χ1n) is 8.48. The molecule has 2 aromatic rings. The fourth-order valence-corrected chi connectivity index (χ4v) is 3.92. The number of nitrogens with zero attached hydrogens (tertiary/aromatic N) is 1. The predicted molar refractivity (Wildman–Crippen MR) is 101 cm³/mol. The first-order valence-corrected chi connectivity index (χ1v) is 9.36. The summed E-state index contributed by atoms with van der Waals surface area (Å²) in [5.41, 5.74) is 0.626. The van der Waals surface area contributed by atoms with Gasteiger partial charge in [-0.2, -0.15) is 0 Å². The predicted octanol–water partition coefficient (Wildman–Crippen LogP) is 2.44. The summed E-state index contributed by atoms with van der Waals surface area (Å²) in [6.07, 6.45) is -0.128. The van der Waals surface area contributed by atoms with Crippen molar-refractivity contribution in [2.75, 3.05) is 18.6 Å². The maximum atomic E-state index is 12.7. The number of hydrogen-bond donors (Lipinski definition) is 2. The molecule has 2 heterocycles. The van der Waals surface area contributed by atoms with E-state index in [1.54, 1.807) is 29.2 Å². The third-order valence-corrected chi connectivity index (χ3v) is 5.44. The van der Waals surface area contributed by atoms with Crippen LogP contribution >= 0.6 is 11.3 Å². The number of benzene rings is 1. The van der Waals surface area contributed by atoms with Crippen LogP contribution in [0, 0.1) is 5.92 Å². The van der Waals surface area contributed by atoms with Crippen molar-refractivity contribution < 1.29 is 24.2 Å². The number of aliphatic carboxylic acids is 1. The van der Waals surface area contributed by atoms with Crippen molar-refractivity contribution in [3.05, 3.63) is 46.7 Å². The summed E-state index contributed by atoms with van der Waals surface area (Å²) in [7, 11) is 1.53. The number of carboxylic acids is 1. The molecule has 1 fully saturated rings. The van der Waals surface area contributed by atoms with E-state index in [1.165, 1.54) is 18.4 Å². The number of hydrogen-bond acceptors (Lipinski definition) is 5. The van der Waals surface area contributed by atoms with Crippen LogP contribution < -0.4 is 15.0 Å². The number of rotatable bonds is 7. The molecule has 1 saturated heterocycles. The summed E-state index contributed by atoms with van der Waals surface area (Å²) in [5, 5.41) is 13.8. The second-order valence-corrected chi connectivity index (χ2v) is 7.23. The highest BCUT2D eigenvalue weighted by atomic mass is 32.1. The molecule has 1 aromatic heterocycles. The Kier molecular flexibility index (Phi) is 5.75. The Morgan fingerprint density at radius 1 is 1.33 bits per heavy atom. The Hall–Kier alpha value is -2.87. The number of methoxy groups -OCH3 is 1. The monoisotopic (exact) mass is 388 g/mol. The van der Waals surface area contributed by atoms with E-state index < -0.39 is 17.9 Å². The Bertz CT molecular complexity index is 836. The first kappa shape index (κ1) is 18.9. The lowest BCUT2D eigenvalue weighted by molar-refractivity contribution is -0.138. The molecule has 142 valence electrons. The van der Waals surface area contributed by atoms with Gasteiger partial charge in [0.05, 0.1) is 31.2 Å². The van der Waals surface area contributed by atoms with Gasteiger partial charge in [-0.15, -0.1) is 11.3 Å². The molecule has 0 aliphatic carbocycles. The van der Waals surface area contributed by atoms with Gasteiger partial charge in [-0.3, -0.25) is 14.4 Å². The average Bonchev–Trinajstić information content (AvgIpc) is 3.30. The molecule has 0 unspecified atom stereocenters. The second kappa shape index (κ2) is 8.22. The van der Waals surface area contributed by atoms with Crippen molar-refractivity contribution in [2.45, 2.75) is 18.9 Å². The van der Waals surface area contributed by atoms with Gasteiger partial charge in [0, 0.05) is 17.8 Å². The minimum atomic E-state index is -0.994. The van der Waals surface area contributed by atoms with Crippen LogP contribution in [0.3, 0.4) is 0 Å². The molecule has 7 nitrogen and oxygen atoms in total. The van der Waals surface area contributed by atoms with Crippen LogP contribution in [-0.2, 0) is 14.4 Å². The summed E-state index contributed by atoms with van der Waals surface area (Å²) >= 11 is 1.39. The maximum absolute atomic E-state index is 12.7. The van der Waals surface area contributed by atoms with Crippen molar-refractivity contribution in [3.63, 3.8) is 0 Å². The van der Waals surface area contributed by atoms with Crippen molar-refractivity contribution in [3.8, 4) is 5.75 Å². The van der Waals surface area contributed by atoms with Gasteiger partial charge in [-0.05, 0) is 23.6 Å². The molecule has 1 aliphatic rings. The van der Waals surface area contributed by atoms with Gasteiger partial charge in [0.15, 0.2) is 0 Å². The third-order valence-electron chi connectivity index (χ3n) is 4.45. The maximum Gasteiger partial charge on any atom is 0.305 e. The minimum Gasteiger partial charge on any atom is -0.495 e. The largest absolute Gasteiger partial charge is 0.495 e. The Balaban J connectivity index is 1.72. The van der Waals surface area contributed by atoms with Crippen LogP contribution in [0.1, 0.15) is 23.8 Å². The minimum absolute atomic E-state index is 0.0775. The smallest absolute Gasteiger partial charge is 0.305 e. The zero-order chi connectivity index (χ0) is 19.4. The average molecular weight is 388 g/mol. The number of carbonyl (C=O) groups is 3. The molecule has 8 heteroatoms. The molecule has 2 atom stereocenters. The van der Waals surface area contributed by atoms with Gasteiger partial charge in [0.1, 0.15) is 5.75 Å². The number of nitrogens with one attached hydrogen (secondary N) is 1. The van der Waals surface area contributed by atoms with E-state index in [4.69, 9.17) is 9.84 Å². The highest BCUT2D eigenvalue weighted by Crippen LogP contribution is 2.33. The Labute approximate surface area is 160 Å². The topological polar surface area (TPSA) is 95.9 Å². The number of thiophene rings is 1. The summed E-state index contributed by atoms with van der Waals surface area (Å²) < 4.78 is 5.30. The summed E-state index contributed by atoms with van der Waals surface area (Å²) in [6.45, 7) is 0.231. The first-order chi connectivity index (χ1) is 13.0. The van der Waals surface area contributed by atoms with Crippen molar-refractivity contribution in [1.29, 1.82) is 0 Å². The molecule has 0 radical (unpaired) electrons. The molecule has 2 amide bonds. The zero-order valence-corrected chi connectivity index (χ0v) is 15.6. The number of anilines is 1. The van der Waals surface area contributed by atoms with Crippen molar-refractivity contribution in [1.82, 2.24) is 5.32 Å². The fraction of sp³-hybridized carbons (Fsp3) is 0.316. The summed E-state index contributed by atoms with van der Waals surface area (Å²) in [4.78, 5) is 38.6. The van der Waals surface area contributed by atoms with Crippen molar-refractivity contribution >= 4 is 34.8 Å². The van der Waals surface area contributed by atoms with Crippen LogP contribution in [-0.4, -0.2) is 36.5 Å². The van der Waals surface area contributed by atoms with Crippen molar-refractivity contribution in [2.24, 2.45) is 5.92 Å². The standard InChI is InChI=1S/C19H20N2O5S/c1-26-15-6-3-2-5-14(15)21-11-12(9-17(21)22)19(25)20-13(10-18(23)24)16-7-4-8-27-16/h2-8,12-13H,9-11H2,1H3,(H,20,25)(H,23,24)/t12-,13+/m1/s1. The molecule has 27 heavy (non-hydrogen) atoms. The molecule has 1 aliphatic heterocycles. The summed E-state index contributed by atoms with van der Waals surface area (Å²) in [6, 6.07) is 10.1. The van der Waals surface area contributed by atoms with Gasteiger partial charge in [0.25, 0.3) is 0 Å². The van der Waals surface area contributed by atoms with E-state index in [2.05, 4.69) is 5.32 Å². The number of carboxylic acid groups (broad SMARTS) is 1. The van der Waals surface area contributed by atoms with E-state index in [9.17, 15) is 14.4 Å². The lowest BCUT2D eigenvalue weighted by atomic mass is 10.1. The number of amides is 2. The van der Waals surface area contributed by atoms with Gasteiger partial charge in [-0.25, -0.2) is 0 Å². The number of carbonyl (C=O) groups excluding carboxylic acids is 2. The molecule has 0 bridgehead atoms. The number of ether oxygens (including phenoxy) is 1. The molecular weight excluding hydrogens is 368 g/mol. The van der Waals surface area contributed by atoms with Gasteiger partial charge in [0.2, 0.25) is 11.8 Å². The SMILES string of the molecule is COc1ccccc1N1C[C@H](C(=O)N[C@@H](CC(=O)O)c2cccs2)CC1=O. The van der Waals surface area contributed by atoms with Gasteiger partial charge < -0.3 is 20.1 Å². The molecule has 0 saturated carbocycles. The number of para-hydroxylation sites is 2. The lowest BCUT2D eigenvalue weighted by Gasteiger charge is -2.20. The van der Waals surface area contributed by atoms with E-state index in [1.807, 2.05) is 17.5 Å². The summed E-state index contributed by atoms with van der Waals surface area (Å²) in [5.74, 6) is -1.45. The fourth-order valence-electron chi connectivity index (χ4n) is 3.15. The highest BCUT2D eigenvalue weighted by molar-refractivity contribution is 7.10. The van der Waals surface area contributed by atoms with Crippen LogP contribution in [0.5, 0.6) is 5.75 Å². The van der Waals surface area contributed by atoms with Crippen LogP contribution in [0.25, 0.3) is 0 Å². The highest BCUT2D eigenvalue weighted by Gasteiger charge is 2.37. The van der Waals surface area contributed by atoms with E-state index in [0.29, 0.717) is 11.4 Å². The third kappa shape index (κ3) is 4.28. The molecule has 2 N–H and O–H groups in total. The normalized spacial score (nSPS) is 17.6. The zero-order valence-electron chi connectivity index (χ0n) is 14.8.